The number of nitrogens with zero attached hydrogens (tertiary/aromatic N) is 1. The van der Waals surface area contributed by atoms with Crippen molar-refractivity contribution in [3.8, 4) is 11.5 Å². The maximum absolute atomic E-state index is 14.4. The number of phosphoric acid groups is 1. The molecule has 0 bridgehead atoms. The number of likely N-dealkylation sites (tertiary alicyclic amines) is 1. The van der Waals surface area contributed by atoms with E-state index in [-0.39, 0.29) is 42.8 Å². The lowest BCUT2D eigenvalue weighted by atomic mass is 9.84. The van der Waals surface area contributed by atoms with E-state index in [9.17, 15) is 67.7 Å². The first-order valence-electron chi connectivity index (χ1n) is 27.4. The van der Waals surface area contributed by atoms with Gasteiger partial charge in [0.2, 0.25) is 17.6 Å². The molecule has 4 rings (SSSR count). The van der Waals surface area contributed by atoms with Crippen LogP contribution in [-0.4, -0.2) is 109 Å². The lowest BCUT2D eigenvalue weighted by molar-refractivity contribution is -0.164. The van der Waals surface area contributed by atoms with Crippen LogP contribution in [0.25, 0.3) is 0 Å². The first-order chi connectivity index (χ1) is 37.6. The van der Waals surface area contributed by atoms with E-state index in [1.54, 1.807) is 45.0 Å². The Labute approximate surface area is 468 Å². The minimum Gasteiger partial charge on any atom is -0.486 e. The quantitative estimate of drug-likeness (QED) is 0.0192. The molecule has 6 N–H and O–H groups in total. The van der Waals surface area contributed by atoms with E-state index in [2.05, 4.69) is 21.2 Å². The molecule has 1 fully saturated rings. The third-order valence-corrected chi connectivity index (χ3v) is 15.6. The predicted molar refractivity (Wildman–Crippen MR) is 295 cm³/mol. The van der Waals surface area contributed by atoms with E-state index < -0.39 is 135 Å². The van der Waals surface area contributed by atoms with Crippen LogP contribution >= 0.6 is 7.82 Å². The minimum atomic E-state index is -4.93. The zero-order valence-corrected chi connectivity index (χ0v) is 48.1. The van der Waals surface area contributed by atoms with Crippen LogP contribution in [0.5, 0.6) is 11.5 Å². The Hall–Kier alpha value is -6.76. The zero-order chi connectivity index (χ0) is 59.5. The number of carboxylic acids is 2. The van der Waals surface area contributed by atoms with Crippen molar-refractivity contribution in [1.29, 1.82) is 0 Å². The third kappa shape index (κ3) is 21.0. The fourth-order valence-electron chi connectivity index (χ4n) is 9.16. The van der Waals surface area contributed by atoms with Crippen molar-refractivity contribution in [3.05, 3.63) is 94.5 Å². The molecule has 438 valence electrons. The summed E-state index contributed by atoms with van der Waals surface area (Å²) in [5.41, 5.74) is 3.16. The van der Waals surface area contributed by atoms with E-state index in [1.165, 1.54) is 29.2 Å². The SMILES string of the molecule is CCC(C)[C@H](C)NC(=O)[C@@H](CCC(=O)O)CC(=O)[C@@H](CCC(=O)O)NC(=O)[C@H](CC(=O)COc1cccc([C@@H](CCc2ccc(C)c(C)c2)OC(=O)[C@@H]2CCCCN2C(=O)C(=O)C(C)(C)CC)c1)Cc1ccc(OP(=O)(O)O)cc1. The summed E-state index contributed by atoms with van der Waals surface area (Å²) >= 11 is 0. The second-order valence-electron chi connectivity index (χ2n) is 21.7. The molecule has 0 saturated carbocycles. The van der Waals surface area contributed by atoms with Gasteiger partial charge in [0.15, 0.2) is 11.6 Å². The molecule has 80 heavy (non-hydrogen) atoms. The average Bonchev–Trinajstić information content (AvgIpc) is 3.41. The van der Waals surface area contributed by atoms with Gasteiger partial charge in [-0.1, -0.05) is 83.5 Å². The number of piperidine rings is 1. The number of ether oxygens (including phenoxy) is 2. The number of nitrogens with one attached hydrogen (secondary N) is 2. The smallest absolute Gasteiger partial charge is 0.486 e. The van der Waals surface area contributed by atoms with Crippen LogP contribution in [-0.2, 0) is 65.3 Å². The summed E-state index contributed by atoms with van der Waals surface area (Å²) in [6.07, 6.45) is -0.205. The molecule has 20 nitrogen and oxygen atoms in total. The number of carbonyl (C=O) groups excluding carboxylic acids is 7. The Morgan fingerprint density at radius 2 is 1.41 bits per heavy atom. The van der Waals surface area contributed by atoms with Crippen molar-refractivity contribution in [2.75, 3.05) is 13.2 Å². The summed E-state index contributed by atoms with van der Waals surface area (Å²) in [4.78, 5) is 140. The number of esters is 1. The van der Waals surface area contributed by atoms with Crippen LogP contribution in [0.2, 0.25) is 0 Å². The zero-order valence-electron chi connectivity index (χ0n) is 47.2. The van der Waals surface area contributed by atoms with Crippen LogP contribution < -0.4 is 19.9 Å². The van der Waals surface area contributed by atoms with Crippen LogP contribution in [0.3, 0.4) is 0 Å². The minimum absolute atomic E-state index is 0.0482. The summed E-state index contributed by atoms with van der Waals surface area (Å²) in [5.74, 6) is -9.54. The van der Waals surface area contributed by atoms with Gasteiger partial charge in [0.25, 0.3) is 5.91 Å². The summed E-state index contributed by atoms with van der Waals surface area (Å²) in [5, 5.41) is 24.5. The summed E-state index contributed by atoms with van der Waals surface area (Å²) in [6.45, 7) is 14.5. The number of phosphoric ester groups is 1. The standard InChI is InChI=1S/C59H80N3O17P/c1-9-36(3)39(6)60-55(70)43(22-27-52(65)66)34-50(64)48(25-28-53(67)68)61-56(71)44(31-41-19-23-46(24-20-41)79-80(74,75)76)32-45(63)35-77-47-15-13-14-42(33-47)51(26-21-40-18-17-37(4)38(5)30-40)78-58(73)49-16-11-12-29-62(49)57(72)54(69)59(7,8)10-2/h13-15,17-20,23-24,30,33,36,39,43-44,48-49,51H,9-12,16,21-22,25-29,31-32,34-35H2,1-8H3,(H,60,70)(H,61,71)(H,65,66)(H,67,68)(H2,74,75,76)/t36?,39-,43-,44-,48+,49-,51+/m0/s1. The number of Topliss-reactive ketones (excluding diaryl/α,β-unsaturated/α-hetero) is 3. The molecular weight excluding hydrogens is 1050 g/mol. The molecule has 0 aromatic heterocycles. The van der Waals surface area contributed by atoms with E-state index in [4.69, 9.17) is 9.47 Å². The van der Waals surface area contributed by atoms with Crippen LogP contribution in [0.1, 0.15) is 153 Å². The molecule has 7 atom stereocenters. The van der Waals surface area contributed by atoms with Gasteiger partial charge < -0.3 is 39.7 Å². The van der Waals surface area contributed by atoms with E-state index >= 15 is 0 Å². The highest BCUT2D eigenvalue weighted by Gasteiger charge is 2.41. The average molecular weight is 1130 g/mol. The van der Waals surface area contributed by atoms with Crippen LogP contribution in [0, 0.1) is 37.0 Å². The molecule has 0 radical (unpaired) electrons. The fourth-order valence-corrected chi connectivity index (χ4v) is 9.55. The van der Waals surface area contributed by atoms with Crippen molar-refractivity contribution >= 4 is 60.8 Å². The molecule has 3 aromatic rings. The summed E-state index contributed by atoms with van der Waals surface area (Å²) in [6, 6.07) is 15.2. The highest BCUT2D eigenvalue weighted by atomic mass is 31.2. The summed E-state index contributed by atoms with van der Waals surface area (Å²) < 4.78 is 28.5. The van der Waals surface area contributed by atoms with Crippen molar-refractivity contribution in [2.45, 2.75) is 170 Å². The Bertz CT molecular complexity index is 2720. The van der Waals surface area contributed by atoms with Gasteiger partial charge in [0, 0.05) is 55.5 Å². The number of amides is 3. The van der Waals surface area contributed by atoms with E-state index in [0.29, 0.717) is 49.7 Å². The van der Waals surface area contributed by atoms with Crippen molar-refractivity contribution in [1.82, 2.24) is 15.5 Å². The number of hydrogen-bond acceptors (Lipinski definition) is 13. The molecule has 1 unspecified atom stereocenters. The van der Waals surface area contributed by atoms with Gasteiger partial charge in [-0.25, -0.2) is 9.36 Å². The molecule has 3 aromatic carbocycles. The predicted octanol–water partition coefficient (Wildman–Crippen LogP) is 7.92. The van der Waals surface area contributed by atoms with Crippen molar-refractivity contribution < 1.29 is 81.7 Å². The number of benzene rings is 3. The van der Waals surface area contributed by atoms with Gasteiger partial charge in [-0.3, -0.25) is 48.1 Å². The fraction of sp³-hybridized carbons (Fsp3) is 0.542. The maximum Gasteiger partial charge on any atom is 0.524 e. The van der Waals surface area contributed by atoms with E-state index in [1.807, 2.05) is 46.8 Å². The number of carbonyl (C=O) groups is 9. The molecule has 3 amide bonds. The second kappa shape index (κ2) is 30.7. The van der Waals surface area contributed by atoms with Gasteiger partial charge in [-0.2, -0.15) is 0 Å². The van der Waals surface area contributed by atoms with Crippen molar-refractivity contribution in [3.63, 3.8) is 0 Å². The van der Waals surface area contributed by atoms with Gasteiger partial charge >= 0.3 is 25.7 Å². The molecular formula is C59H80N3O17P. The van der Waals surface area contributed by atoms with Crippen LogP contribution in [0.15, 0.2) is 66.7 Å². The highest BCUT2D eigenvalue weighted by molar-refractivity contribution is 7.46. The van der Waals surface area contributed by atoms with Gasteiger partial charge in [0.1, 0.15) is 30.3 Å². The topological polar surface area (TPSA) is 307 Å². The molecule has 1 heterocycles. The lowest BCUT2D eigenvalue weighted by Gasteiger charge is -2.36. The monoisotopic (exact) mass is 1130 g/mol. The second-order valence-corrected chi connectivity index (χ2v) is 22.8. The Morgan fingerprint density at radius 3 is 2.04 bits per heavy atom. The summed E-state index contributed by atoms with van der Waals surface area (Å²) in [7, 11) is -4.93. The Balaban J connectivity index is 1.61. The molecule has 1 aliphatic rings. The first kappa shape index (κ1) is 65.8. The van der Waals surface area contributed by atoms with E-state index in [0.717, 1.165) is 23.1 Å². The molecule has 21 heteroatoms. The molecule has 0 aliphatic carbocycles. The highest BCUT2D eigenvalue weighted by Crippen LogP contribution is 2.38. The maximum atomic E-state index is 14.4. The van der Waals surface area contributed by atoms with Gasteiger partial charge in [0.05, 0.1) is 6.04 Å². The number of rotatable bonds is 33. The normalized spacial score (nSPS) is 15.9. The van der Waals surface area contributed by atoms with Crippen molar-refractivity contribution in [2.24, 2.45) is 23.2 Å². The largest absolute Gasteiger partial charge is 0.524 e. The first-order valence-corrected chi connectivity index (χ1v) is 28.9. The molecule has 0 spiro atoms. The number of carboxylic acid groups (broad SMARTS) is 2. The Morgan fingerprint density at radius 1 is 0.762 bits per heavy atom. The Kier molecular flexibility index (Phi) is 25.3. The lowest BCUT2D eigenvalue weighted by Crippen LogP contribution is -2.53. The third-order valence-electron chi connectivity index (χ3n) is 15.1. The number of hydrogen-bond donors (Lipinski definition) is 6. The number of aryl methyl sites for hydroxylation is 3. The number of aliphatic carboxylic acids is 2. The molecule has 1 saturated heterocycles. The van der Waals surface area contributed by atoms with Crippen LogP contribution in [0.4, 0.5) is 0 Å². The van der Waals surface area contributed by atoms with Gasteiger partial charge in [-0.15, -0.1) is 0 Å². The molecule has 1 aliphatic heterocycles. The van der Waals surface area contributed by atoms with Gasteiger partial charge in [-0.05, 0) is 137 Å². The number of ketones is 3.